The molecular formula is C28H36N2O3. The molecule has 33 heavy (non-hydrogen) atoms. The third-order valence-corrected chi connectivity index (χ3v) is 6.84. The molecule has 176 valence electrons. The van der Waals surface area contributed by atoms with Crippen LogP contribution in [0.2, 0.25) is 0 Å². The zero-order valence-corrected chi connectivity index (χ0v) is 19.7. The molecule has 5 nitrogen and oxygen atoms in total. The number of carbonyl (C=O) groups is 2. The van der Waals surface area contributed by atoms with Crippen LogP contribution >= 0.6 is 0 Å². The Balaban J connectivity index is 1.43. The van der Waals surface area contributed by atoms with Gasteiger partial charge in [0.05, 0.1) is 12.0 Å². The molecule has 2 saturated heterocycles. The zero-order valence-electron chi connectivity index (χ0n) is 19.7. The van der Waals surface area contributed by atoms with Gasteiger partial charge in [0.25, 0.3) is 0 Å². The maximum Gasteiger partial charge on any atom is 0.227 e. The minimum Gasteiger partial charge on any atom is -0.378 e. The average molecular weight is 449 g/mol. The fraction of sp³-hybridized carbons (Fsp3) is 0.500. The summed E-state index contributed by atoms with van der Waals surface area (Å²) in [5.74, 6) is 0.132. The molecule has 5 heteroatoms. The fourth-order valence-electron chi connectivity index (χ4n) is 4.98. The molecule has 0 aromatic heterocycles. The van der Waals surface area contributed by atoms with Gasteiger partial charge in [-0.3, -0.25) is 9.59 Å². The van der Waals surface area contributed by atoms with Gasteiger partial charge in [-0.05, 0) is 48.8 Å². The molecule has 2 unspecified atom stereocenters. The first-order valence-corrected chi connectivity index (χ1v) is 12.5. The van der Waals surface area contributed by atoms with Crippen molar-refractivity contribution in [2.45, 2.75) is 51.6 Å². The molecule has 2 aliphatic heterocycles. The molecule has 2 heterocycles. The minimum atomic E-state index is -0.201. The fourth-order valence-corrected chi connectivity index (χ4v) is 4.98. The van der Waals surface area contributed by atoms with Crippen molar-refractivity contribution < 1.29 is 14.3 Å². The number of hydrogen-bond acceptors (Lipinski definition) is 3. The first kappa shape index (κ1) is 23.5. The van der Waals surface area contributed by atoms with Crippen LogP contribution in [-0.2, 0) is 20.7 Å². The summed E-state index contributed by atoms with van der Waals surface area (Å²) in [6.45, 7) is 5.42. The van der Waals surface area contributed by atoms with Crippen LogP contribution in [0.4, 0.5) is 0 Å². The monoisotopic (exact) mass is 448 g/mol. The summed E-state index contributed by atoms with van der Waals surface area (Å²) in [5, 5.41) is 0. The van der Waals surface area contributed by atoms with Crippen LogP contribution in [0.1, 0.15) is 44.6 Å². The van der Waals surface area contributed by atoms with Crippen LogP contribution in [-0.4, -0.2) is 60.5 Å². The van der Waals surface area contributed by atoms with E-state index in [2.05, 4.69) is 43.3 Å². The molecule has 2 aliphatic rings. The summed E-state index contributed by atoms with van der Waals surface area (Å²) in [5.41, 5.74) is 3.50. The van der Waals surface area contributed by atoms with E-state index in [4.69, 9.17) is 4.74 Å². The number of hydrogen-bond donors (Lipinski definition) is 0. The second kappa shape index (κ2) is 11.5. The largest absolute Gasteiger partial charge is 0.378 e. The summed E-state index contributed by atoms with van der Waals surface area (Å²) >= 11 is 0. The predicted molar refractivity (Wildman–Crippen MR) is 131 cm³/mol. The zero-order chi connectivity index (χ0) is 23.0. The number of amides is 2. The van der Waals surface area contributed by atoms with Crippen molar-refractivity contribution in [3.05, 3.63) is 60.2 Å². The van der Waals surface area contributed by atoms with Crippen LogP contribution in [0.25, 0.3) is 11.1 Å². The Labute approximate surface area is 197 Å². The highest BCUT2D eigenvalue weighted by Gasteiger charge is 2.32. The van der Waals surface area contributed by atoms with E-state index >= 15 is 0 Å². The molecule has 0 aliphatic carbocycles. The summed E-state index contributed by atoms with van der Waals surface area (Å²) in [6, 6.07) is 18.8. The molecule has 0 radical (unpaired) electrons. The molecule has 2 aromatic rings. The van der Waals surface area contributed by atoms with Gasteiger partial charge in [0.2, 0.25) is 11.8 Å². The van der Waals surface area contributed by atoms with Crippen molar-refractivity contribution in [3.8, 4) is 11.1 Å². The molecule has 0 bridgehead atoms. The lowest BCUT2D eigenvalue weighted by molar-refractivity contribution is -0.135. The van der Waals surface area contributed by atoms with Crippen LogP contribution in [0.15, 0.2) is 54.6 Å². The van der Waals surface area contributed by atoms with Gasteiger partial charge in [-0.15, -0.1) is 0 Å². The van der Waals surface area contributed by atoms with Crippen LogP contribution in [0, 0.1) is 5.92 Å². The lowest BCUT2D eigenvalue weighted by Gasteiger charge is -2.24. The van der Waals surface area contributed by atoms with E-state index in [1.807, 2.05) is 28.0 Å². The Hall–Kier alpha value is -2.66. The lowest BCUT2D eigenvalue weighted by atomic mass is 9.95. The highest BCUT2D eigenvalue weighted by atomic mass is 16.5. The van der Waals surface area contributed by atoms with Gasteiger partial charge in [-0.1, -0.05) is 61.5 Å². The summed E-state index contributed by atoms with van der Waals surface area (Å²) in [6.07, 6.45) is 5.24. The SMILES string of the molecule is CCCN1CCN(C(=O)CCC2CCCO2)CC(Cc2ccc(-c3ccccc3)cc2)C1=O. The minimum absolute atomic E-state index is 0.154. The molecular weight excluding hydrogens is 412 g/mol. The average Bonchev–Trinajstić information content (AvgIpc) is 3.33. The summed E-state index contributed by atoms with van der Waals surface area (Å²) in [4.78, 5) is 30.2. The Morgan fingerprint density at radius 1 is 1.03 bits per heavy atom. The maximum atomic E-state index is 13.3. The standard InChI is InChI=1S/C28H36N2O3/c1-2-16-29-17-18-30(27(31)15-14-26-9-6-19-33-26)21-25(28(29)32)20-22-10-12-24(13-11-22)23-7-4-3-5-8-23/h3-5,7-8,10-13,25-26H,2,6,9,14-21H2,1H3. The number of rotatable bonds is 8. The summed E-state index contributed by atoms with van der Waals surface area (Å²) in [7, 11) is 0. The second-order valence-corrected chi connectivity index (χ2v) is 9.30. The van der Waals surface area contributed by atoms with Crippen molar-refractivity contribution in [2.75, 3.05) is 32.8 Å². The molecule has 0 N–H and O–H groups in total. The molecule has 0 spiro atoms. The number of benzene rings is 2. The summed E-state index contributed by atoms with van der Waals surface area (Å²) < 4.78 is 5.69. The molecule has 2 fully saturated rings. The number of carbonyl (C=O) groups excluding carboxylic acids is 2. The van der Waals surface area contributed by atoms with Crippen molar-refractivity contribution in [3.63, 3.8) is 0 Å². The van der Waals surface area contributed by atoms with Gasteiger partial charge >= 0.3 is 0 Å². The molecule has 2 atom stereocenters. The quantitative estimate of drug-likeness (QED) is 0.595. The van der Waals surface area contributed by atoms with Crippen LogP contribution in [0.3, 0.4) is 0 Å². The third kappa shape index (κ3) is 6.23. The van der Waals surface area contributed by atoms with E-state index in [9.17, 15) is 9.59 Å². The molecule has 0 saturated carbocycles. The van der Waals surface area contributed by atoms with Crippen LogP contribution < -0.4 is 0 Å². The van der Waals surface area contributed by atoms with E-state index in [-0.39, 0.29) is 23.8 Å². The Morgan fingerprint density at radius 3 is 2.48 bits per heavy atom. The highest BCUT2D eigenvalue weighted by Crippen LogP contribution is 2.23. The van der Waals surface area contributed by atoms with Crippen molar-refractivity contribution in [1.29, 1.82) is 0 Å². The van der Waals surface area contributed by atoms with Gasteiger partial charge in [0, 0.05) is 39.2 Å². The van der Waals surface area contributed by atoms with Crippen molar-refractivity contribution in [2.24, 2.45) is 5.92 Å². The third-order valence-electron chi connectivity index (χ3n) is 6.84. The Kier molecular flexibility index (Phi) is 8.16. The smallest absolute Gasteiger partial charge is 0.227 e. The van der Waals surface area contributed by atoms with E-state index in [0.717, 1.165) is 44.4 Å². The first-order valence-electron chi connectivity index (χ1n) is 12.5. The van der Waals surface area contributed by atoms with Crippen LogP contribution in [0.5, 0.6) is 0 Å². The molecule has 2 amide bonds. The molecule has 2 aromatic carbocycles. The van der Waals surface area contributed by atoms with E-state index in [0.29, 0.717) is 32.5 Å². The predicted octanol–water partition coefficient (Wildman–Crippen LogP) is 4.55. The topological polar surface area (TPSA) is 49.9 Å². The first-order chi connectivity index (χ1) is 16.1. The lowest BCUT2D eigenvalue weighted by Crippen LogP contribution is -2.38. The number of nitrogens with zero attached hydrogens (tertiary/aromatic N) is 2. The highest BCUT2D eigenvalue weighted by molar-refractivity contribution is 5.82. The Bertz CT molecular complexity index is 906. The van der Waals surface area contributed by atoms with Gasteiger partial charge in [-0.2, -0.15) is 0 Å². The maximum absolute atomic E-state index is 13.3. The van der Waals surface area contributed by atoms with Crippen molar-refractivity contribution in [1.82, 2.24) is 9.80 Å². The Morgan fingerprint density at radius 2 is 1.79 bits per heavy atom. The molecule has 4 rings (SSSR count). The van der Waals surface area contributed by atoms with E-state index < -0.39 is 0 Å². The van der Waals surface area contributed by atoms with E-state index in [1.54, 1.807) is 0 Å². The van der Waals surface area contributed by atoms with Gasteiger partial charge < -0.3 is 14.5 Å². The van der Waals surface area contributed by atoms with E-state index in [1.165, 1.54) is 11.1 Å². The van der Waals surface area contributed by atoms with Gasteiger partial charge in [0.1, 0.15) is 0 Å². The number of ether oxygens (including phenoxy) is 1. The van der Waals surface area contributed by atoms with Gasteiger partial charge in [0.15, 0.2) is 0 Å². The van der Waals surface area contributed by atoms with Gasteiger partial charge in [-0.25, -0.2) is 0 Å². The second-order valence-electron chi connectivity index (χ2n) is 9.30. The normalized spacial score (nSPS) is 21.3. The van der Waals surface area contributed by atoms with Crippen molar-refractivity contribution >= 4 is 11.8 Å².